The molecule has 0 aliphatic rings. The van der Waals surface area contributed by atoms with Gasteiger partial charge in [0, 0.05) is 11.7 Å². The molecule has 16 heavy (non-hydrogen) atoms. The van der Waals surface area contributed by atoms with Crippen LogP contribution in [0.4, 0.5) is 0 Å². The summed E-state index contributed by atoms with van der Waals surface area (Å²) < 4.78 is 8.76. The summed E-state index contributed by atoms with van der Waals surface area (Å²) in [6.45, 7) is 2.18. The van der Waals surface area contributed by atoms with Crippen LogP contribution < -0.4 is 0 Å². The Morgan fingerprint density at radius 1 is 1.44 bits per heavy atom. The van der Waals surface area contributed by atoms with E-state index in [2.05, 4.69) is 31.9 Å². The second kappa shape index (κ2) is 4.59. The predicted molar refractivity (Wildman–Crippen MR) is 68.8 cm³/mol. The molecule has 0 aromatic carbocycles. The van der Waals surface area contributed by atoms with Crippen LogP contribution in [0.25, 0.3) is 5.52 Å². The fraction of sp³-hybridized carbons (Fsp3) is 0.182. The summed E-state index contributed by atoms with van der Waals surface area (Å²) in [5.41, 5.74) is 1.50. The summed E-state index contributed by atoms with van der Waals surface area (Å²) in [6.07, 6.45) is 1.83. The first-order valence-electron chi connectivity index (χ1n) is 4.76. The SMILES string of the molecule is CCOC(=O)c1ccn2c(Br)c(Br)cc2c1. The standard InChI is InChI=1S/C11H9Br2NO2/c1-2-16-11(15)7-3-4-14-8(5-7)6-9(12)10(14)13/h3-6H,2H2,1H3. The summed E-state index contributed by atoms with van der Waals surface area (Å²) >= 11 is 6.86. The molecule has 0 spiro atoms. The third-order valence-corrected chi connectivity index (χ3v) is 4.12. The zero-order valence-corrected chi connectivity index (χ0v) is 11.7. The molecule has 0 radical (unpaired) electrons. The molecule has 0 atom stereocenters. The first-order chi connectivity index (χ1) is 7.63. The van der Waals surface area contributed by atoms with E-state index >= 15 is 0 Å². The lowest BCUT2D eigenvalue weighted by Gasteiger charge is -2.02. The van der Waals surface area contributed by atoms with Gasteiger partial charge in [0.2, 0.25) is 0 Å². The third-order valence-electron chi connectivity index (χ3n) is 2.18. The first kappa shape index (κ1) is 11.7. The molecule has 0 aliphatic heterocycles. The van der Waals surface area contributed by atoms with E-state index < -0.39 is 0 Å². The zero-order chi connectivity index (χ0) is 11.7. The minimum atomic E-state index is -0.293. The fourth-order valence-electron chi connectivity index (χ4n) is 1.45. The van der Waals surface area contributed by atoms with Gasteiger partial charge in [-0.15, -0.1) is 0 Å². The van der Waals surface area contributed by atoms with Crippen LogP contribution in [0.2, 0.25) is 0 Å². The largest absolute Gasteiger partial charge is 0.462 e. The number of hydrogen-bond donors (Lipinski definition) is 0. The molecular formula is C11H9Br2NO2. The van der Waals surface area contributed by atoms with E-state index in [4.69, 9.17) is 4.74 Å². The van der Waals surface area contributed by atoms with Crippen molar-refractivity contribution in [2.45, 2.75) is 6.92 Å². The van der Waals surface area contributed by atoms with Gasteiger partial charge in [-0.1, -0.05) is 0 Å². The Bertz CT molecular complexity index is 548. The Morgan fingerprint density at radius 3 is 2.88 bits per heavy atom. The summed E-state index contributed by atoms with van der Waals surface area (Å²) in [4.78, 5) is 11.5. The van der Waals surface area contributed by atoms with Gasteiger partial charge in [-0.05, 0) is 57.0 Å². The lowest BCUT2D eigenvalue weighted by atomic mass is 10.2. The summed E-state index contributed by atoms with van der Waals surface area (Å²) in [5.74, 6) is -0.293. The molecule has 0 aliphatic carbocycles. The summed E-state index contributed by atoms with van der Waals surface area (Å²) in [7, 11) is 0. The van der Waals surface area contributed by atoms with Gasteiger partial charge in [0.25, 0.3) is 0 Å². The van der Waals surface area contributed by atoms with Crippen LogP contribution in [0, 0.1) is 0 Å². The monoisotopic (exact) mass is 345 g/mol. The van der Waals surface area contributed by atoms with Crippen LogP contribution in [-0.2, 0) is 4.74 Å². The number of ether oxygens (including phenoxy) is 1. The average molecular weight is 347 g/mol. The van der Waals surface area contributed by atoms with Crippen molar-refractivity contribution in [2.24, 2.45) is 0 Å². The highest BCUT2D eigenvalue weighted by molar-refractivity contribution is 9.13. The molecule has 0 fully saturated rings. The molecule has 0 amide bonds. The van der Waals surface area contributed by atoms with E-state index in [0.29, 0.717) is 12.2 Å². The molecule has 0 unspecified atom stereocenters. The predicted octanol–water partition coefficient (Wildman–Crippen LogP) is 3.64. The first-order valence-corrected chi connectivity index (χ1v) is 6.35. The number of nitrogens with zero attached hydrogens (tertiary/aromatic N) is 1. The molecule has 0 N–H and O–H groups in total. The van der Waals surface area contributed by atoms with Gasteiger partial charge in [0.05, 0.1) is 16.6 Å². The van der Waals surface area contributed by atoms with Gasteiger partial charge in [-0.2, -0.15) is 0 Å². The molecule has 2 rings (SSSR count). The maximum atomic E-state index is 11.5. The smallest absolute Gasteiger partial charge is 0.338 e. The number of carbonyl (C=O) groups is 1. The molecule has 2 heterocycles. The summed E-state index contributed by atoms with van der Waals surface area (Å²) in [5, 5.41) is 0. The number of halogens is 2. The average Bonchev–Trinajstić information content (AvgIpc) is 2.55. The molecule has 5 heteroatoms. The quantitative estimate of drug-likeness (QED) is 0.777. The van der Waals surface area contributed by atoms with Gasteiger partial charge >= 0.3 is 5.97 Å². The Hall–Kier alpha value is -0.810. The number of hydrogen-bond acceptors (Lipinski definition) is 2. The highest BCUT2D eigenvalue weighted by Crippen LogP contribution is 2.27. The highest BCUT2D eigenvalue weighted by Gasteiger charge is 2.10. The molecule has 2 aromatic heterocycles. The van der Waals surface area contributed by atoms with Crippen molar-refractivity contribution in [1.82, 2.24) is 4.40 Å². The van der Waals surface area contributed by atoms with Gasteiger partial charge in [-0.25, -0.2) is 4.79 Å². The topological polar surface area (TPSA) is 30.7 Å². The van der Waals surface area contributed by atoms with Crippen molar-refractivity contribution in [3.63, 3.8) is 0 Å². The Balaban J connectivity index is 2.48. The third kappa shape index (κ3) is 2.01. The van der Waals surface area contributed by atoms with Crippen LogP contribution in [0.3, 0.4) is 0 Å². The maximum absolute atomic E-state index is 11.5. The number of carbonyl (C=O) groups excluding carboxylic acids is 1. The number of pyridine rings is 1. The minimum absolute atomic E-state index is 0.293. The van der Waals surface area contributed by atoms with Crippen LogP contribution in [0.5, 0.6) is 0 Å². The van der Waals surface area contributed by atoms with E-state index in [-0.39, 0.29) is 5.97 Å². The number of esters is 1. The van der Waals surface area contributed by atoms with Crippen molar-refractivity contribution in [3.05, 3.63) is 39.0 Å². The normalized spacial score (nSPS) is 10.7. The molecule has 0 saturated carbocycles. The molecule has 3 nitrogen and oxygen atoms in total. The Morgan fingerprint density at radius 2 is 2.19 bits per heavy atom. The Labute approximate surface area is 110 Å². The van der Waals surface area contributed by atoms with Gasteiger partial charge in [0.15, 0.2) is 0 Å². The van der Waals surface area contributed by atoms with Crippen LogP contribution >= 0.6 is 31.9 Å². The van der Waals surface area contributed by atoms with E-state index in [1.165, 1.54) is 0 Å². The lowest BCUT2D eigenvalue weighted by Crippen LogP contribution is -2.04. The van der Waals surface area contributed by atoms with Gasteiger partial charge in [-0.3, -0.25) is 0 Å². The van der Waals surface area contributed by atoms with Crippen LogP contribution in [-0.4, -0.2) is 17.0 Å². The van der Waals surface area contributed by atoms with Gasteiger partial charge in [0.1, 0.15) is 4.60 Å². The molecule has 2 aromatic rings. The van der Waals surface area contributed by atoms with Crippen molar-refractivity contribution in [2.75, 3.05) is 6.61 Å². The van der Waals surface area contributed by atoms with E-state index in [1.807, 2.05) is 16.7 Å². The van der Waals surface area contributed by atoms with E-state index in [0.717, 1.165) is 14.6 Å². The van der Waals surface area contributed by atoms with Gasteiger partial charge < -0.3 is 9.14 Å². The van der Waals surface area contributed by atoms with E-state index in [1.54, 1.807) is 19.1 Å². The Kier molecular flexibility index (Phi) is 3.35. The fourth-order valence-corrected chi connectivity index (χ4v) is 2.32. The van der Waals surface area contributed by atoms with Crippen molar-refractivity contribution >= 4 is 43.3 Å². The highest BCUT2D eigenvalue weighted by atomic mass is 79.9. The lowest BCUT2D eigenvalue weighted by molar-refractivity contribution is 0.0526. The second-order valence-electron chi connectivity index (χ2n) is 3.21. The number of fused-ring (bicyclic) bond motifs is 1. The van der Waals surface area contributed by atoms with Crippen molar-refractivity contribution < 1.29 is 9.53 Å². The van der Waals surface area contributed by atoms with Crippen LogP contribution in [0.1, 0.15) is 17.3 Å². The maximum Gasteiger partial charge on any atom is 0.338 e. The molecule has 0 bridgehead atoms. The minimum Gasteiger partial charge on any atom is -0.462 e. The molecule has 84 valence electrons. The summed E-state index contributed by atoms with van der Waals surface area (Å²) in [6, 6.07) is 5.47. The number of aromatic nitrogens is 1. The van der Waals surface area contributed by atoms with Crippen LogP contribution in [0.15, 0.2) is 33.5 Å². The zero-order valence-electron chi connectivity index (χ0n) is 8.54. The van der Waals surface area contributed by atoms with E-state index in [9.17, 15) is 4.79 Å². The van der Waals surface area contributed by atoms with Crippen molar-refractivity contribution in [3.8, 4) is 0 Å². The second-order valence-corrected chi connectivity index (χ2v) is 4.82. The number of rotatable bonds is 2. The molecule has 0 saturated heterocycles. The molecular weight excluding hydrogens is 338 g/mol. The van der Waals surface area contributed by atoms with Crippen molar-refractivity contribution in [1.29, 1.82) is 0 Å².